The summed E-state index contributed by atoms with van der Waals surface area (Å²) in [5.74, 6) is -1.86. The molecule has 10 nitrogen and oxygen atoms in total. The second kappa shape index (κ2) is 16.2. The number of esters is 1. The highest BCUT2D eigenvalue weighted by molar-refractivity contribution is 5.86. The van der Waals surface area contributed by atoms with E-state index >= 15 is 0 Å². The van der Waals surface area contributed by atoms with Gasteiger partial charge in [-0.2, -0.15) is 0 Å². The van der Waals surface area contributed by atoms with E-state index in [1.165, 1.54) is 6.08 Å². The highest BCUT2D eigenvalue weighted by Crippen LogP contribution is 2.21. The van der Waals surface area contributed by atoms with Gasteiger partial charge in [0.1, 0.15) is 19.3 Å². The van der Waals surface area contributed by atoms with E-state index in [0.717, 1.165) is 18.4 Å². The van der Waals surface area contributed by atoms with E-state index in [1.807, 2.05) is 30.3 Å². The molecule has 38 heavy (non-hydrogen) atoms. The molecule has 0 aliphatic carbocycles. The van der Waals surface area contributed by atoms with E-state index in [-0.39, 0.29) is 50.5 Å². The number of carbonyl (C=O) groups excluding carboxylic acids is 4. The normalized spacial score (nSPS) is 17.0. The molecule has 3 N–H and O–H groups in total. The van der Waals surface area contributed by atoms with Crippen molar-refractivity contribution in [3.63, 3.8) is 0 Å². The first-order chi connectivity index (χ1) is 18.3. The first-order valence-corrected chi connectivity index (χ1v) is 12.8. The average molecular weight is 530 g/mol. The number of alkyl carbamates (subject to hydrolysis) is 1. The van der Waals surface area contributed by atoms with Crippen molar-refractivity contribution in [2.24, 2.45) is 5.92 Å². The summed E-state index contributed by atoms with van der Waals surface area (Å²) in [4.78, 5) is 52.0. The molecule has 1 aromatic rings. The number of likely N-dealkylation sites (tertiary alicyclic amines) is 1. The molecule has 2 rings (SSSR count). The van der Waals surface area contributed by atoms with Gasteiger partial charge in [0.15, 0.2) is 0 Å². The second-order valence-corrected chi connectivity index (χ2v) is 9.31. The zero-order valence-electron chi connectivity index (χ0n) is 22.0. The molecule has 4 unspecified atom stereocenters. The van der Waals surface area contributed by atoms with Crippen molar-refractivity contribution >= 4 is 23.9 Å². The minimum absolute atomic E-state index is 0.00270. The highest BCUT2D eigenvalue weighted by Gasteiger charge is 2.31. The molecule has 1 heterocycles. The van der Waals surface area contributed by atoms with Gasteiger partial charge < -0.3 is 30.1 Å². The third-order valence-corrected chi connectivity index (χ3v) is 6.21. The van der Waals surface area contributed by atoms with Crippen LogP contribution in [0.3, 0.4) is 0 Å². The zero-order valence-corrected chi connectivity index (χ0v) is 22.0. The van der Waals surface area contributed by atoms with Gasteiger partial charge in [0.05, 0.1) is 24.6 Å². The Kier molecular flexibility index (Phi) is 13.1. The molecule has 1 aliphatic rings. The van der Waals surface area contributed by atoms with Crippen molar-refractivity contribution in [2.45, 2.75) is 63.8 Å². The maximum atomic E-state index is 12.9. The predicted octanol–water partition coefficient (Wildman–Crippen LogP) is 2.47. The van der Waals surface area contributed by atoms with E-state index in [1.54, 1.807) is 17.9 Å². The summed E-state index contributed by atoms with van der Waals surface area (Å²) < 4.78 is 10.5. The fourth-order valence-corrected chi connectivity index (χ4v) is 4.16. The number of nitrogens with one attached hydrogen (secondary N) is 2. The molecule has 0 radical (unpaired) electrons. The summed E-state index contributed by atoms with van der Waals surface area (Å²) in [6.45, 7) is 9.35. The Morgan fingerprint density at radius 3 is 2.47 bits per heavy atom. The van der Waals surface area contributed by atoms with Crippen LogP contribution in [0.15, 0.2) is 55.6 Å². The standard InChI is InChI=1S/C28H39N3O7/c1-4-10-22(16-25(33)31-15-9-14-23(31)17-32)26(34)29-20(3)18-37-27(35)24(11-5-2)30-28(36)38-19-21-12-7-6-8-13-21/h4-8,12-13,20,22-24,32H,1-2,9-11,14-19H2,3H3,(H,29,34)(H,30,36). The Labute approximate surface area is 224 Å². The van der Waals surface area contributed by atoms with E-state index in [9.17, 15) is 24.3 Å². The van der Waals surface area contributed by atoms with Crippen molar-refractivity contribution in [1.82, 2.24) is 15.5 Å². The summed E-state index contributed by atoms with van der Waals surface area (Å²) in [7, 11) is 0. The summed E-state index contributed by atoms with van der Waals surface area (Å²) in [6, 6.07) is 7.38. The van der Waals surface area contributed by atoms with Crippen LogP contribution in [0.5, 0.6) is 0 Å². The molecule has 0 spiro atoms. The van der Waals surface area contributed by atoms with Crippen LogP contribution in [0, 0.1) is 5.92 Å². The SMILES string of the molecule is C=CCC(CC(=O)N1CCCC1CO)C(=O)NC(C)COC(=O)C(CC=C)NC(=O)OCc1ccccc1. The van der Waals surface area contributed by atoms with E-state index in [2.05, 4.69) is 23.8 Å². The first-order valence-electron chi connectivity index (χ1n) is 12.8. The van der Waals surface area contributed by atoms with Crippen LogP contribution in [-0.4, -0.2) is 71.8 Å². The Hall–Kier alpha value is -3.66. The van der Waals surface area contributed by atoms with Crippen LogP contribution in [0.2, 0.25) is 0 Å². The van der Waals surface area contributed by atoms with Gasteiger partial charge in [0, 0.05) is 13.0 Å². The number of amides is 3. The summed E-state index contributed by atoms with van der Waals surface area (Å²) in [5.41, 5.74) is 0.806. The molecule has 4 atom stereocenters. The number of hydrogen-bond acceptors (Lipinski definition) is 7. The van der Waals surface area contributed by atoms with E-state index < -0.39 is 30.1 Å². The van der Waals surface area contributed by atoms with Crippen LogP contribution < -0.4 is 10.6 Å². The molecule has 208 valence electrons. The number of rotatable bonds is 15. The summed E-state index contributed by atoms with van der Waals surface area (Å²) in [6.07, 6.45) is 4.30. The number of carbonyl (C=O) groups is 4. The molecule has 1 saturated heterocycles. The quantitative estimate of drug-likeness (QED) is 0.235. The van der Waals surface area contributed by atoms with Gasteiger partial charge >= 0.3 is 12.1 Å². The van der Waals surface area contributed by atoms with Gasteiger partial charge in [-0.15, -0.1) is 13.2 Å². The minimum atomic E-state index is -0.996. The smallest absolute Gasteiger partial charge is 0.408 e. The van der Waals surface area contributed by atoms with Crippen LogP contribution in [0.4, 0.5) is 4.79 Å². The topological polar surface area (TPSA) is 134 Å². The molecular weight excluding hydrogens is 490 g/mol. The number of ether oxygens (including phenoxy) is 2. The monoisotopic (exact) mass is 529 g/mol. The Bertz CT molecular complexity index is 953. The van der Waals surface area contributed by atoms with Gasteiger partial charge in [0.2, 0.25) is 11.8 Å². The van der Waals surface area contributed by atoms with Gasteiger partial charge in [-0.1, -0.05) is 42.5 Å². The van der Waals surface area contributed by atoms with Crippen LogP contribution in [0.25, 0.3) is 0 Å². The molecule has 0 aromatic heterocycles. The maximum absolute atomic E-state index is 12.9. The summed E-state index contributed by atoms with van der Waals surface area (Å²) in [5, 5.41) is 14.7. The molecule has 0 bridgehead atoms. The lowest BCUT2D eigenvalue weighted by molar-refractivity contribution is -0.147. The number of benzene rings is 1. The highest BCUT2D eigenvalue weighted by atomic mass is 16.6. The van der Waals surface area contributed by atoms with Crippen LogP contribution in [0.1, 0.15) is 44.6 Å². The lowest BCUT2D eigenvalue weighted by Crippen LogP contribution is -2.45. The fourth-order valence-electron chi connectivity index (χ4n) is 4.16. The van der Waals surface area contributed by atoms with Crippen molar-refractivity contribution in [2.75, 3.05) is 19.8 Å². The molecule has 1 aromatic carbocycles. The lowest BCUT2D eigenvalue weighted by Gasteiger charge is -2.26. The predicted molar refractivity (Wildman–Crippen MR) is 142 cm³/mol. The van der Waals surface area contributed by atoms with Crippen molar-refractivity contribution in [3.05, 3.63) is 61.2 Å². The number of nitrogens with zero attached hydrogens (tertiary/aromatic N) is 1. The van der Waals surface area contributed by atoms with Gasteiger partial charge in [-0.05, 0) is 38.2 Å². The largest absolute Gasteiger partial charge is 0.462 e. The maximum Gasteiger partial charge on any atom is 0.408 e. The zero-order chi connectivity index (χ0) is 27.9. The Morgan fingerprint density at radius 2 is 1.82 bits per heavy atom. The molecule has 3 amide bonds. The van der Waals surface area contributed by atoms with Gasteiger partial charge in [-0.3, -0.25) is 9.59 Å². The number of hydrogen-bond donors (Lipinski definition) is 3. The number of allylic oxidation sites excluding steroid dienone is 1. The molecule has 10 heteroatoms. The molecule has 0 saturated carbocycles. The van der Waals surface area contributed by atoms with Crippen molar-refractivity contribution < 1.29 is 33.8 Å². The number of aliphatic hydroxyl groups is 1. The van der Waals surface area contributed by atoms with Crippen LogP contribution in [-0.2, 0) is 30.5 Å². The second-order valence-electron chi connectivity index (χ2n) is 9.31. The number of aliphatic hydroxyl groups excluding tert-OH is 1. The molecule has 1 aliphatic heterocycles. The minimum Gasteiger partial charge on any atom is -0.462 e. The Morgan fingerprint density at radius 1 is 1.11 bits per heavy atom. The molecular formula is C28H39N3O7. The molecule has 1 fully saturated rings. The third-order valence-electron chi connectivity index (χ3n) is 6.21. The fraction of sp³-hybridized carbons (Fsp3) is 0.500. The van der Waals surface area contributed by atoms with Crippen LogP contribution >= 0.6 is 0 Å². The first kappa shape index (κ1) is 30.6. The van der Waals surface area contributed by atoms with Crippen molar-refractivity contribution in [3.8, 4) is 0 Å². The Balaban J connectivity index is 1.82. The van der Waals surface area contributed by atoms with E-state index in [0.29, 0.717) is 13.0 Å². The van der Waals surface area contributed by atoms with Crippen molar-refractivity contribution in [1.29, 1.82) is 0 Å². The average Bonchev–Trinajstić information content (AvgIpc) is 3.40. The van der Waals surface area contributed by atoms with E-state index in [4.69, 9.17) is 9.47 Å². The lowest BCUT2D eigenvalue weighted by atomic mass is 9.99. The van der Waals surface area contributed by atoms with Gasteiger partial charge in [0.25, 0.3) is 0 Å². The summed E-state index contributed by atoms with van der Waals surface area (Å²) >= 11 is 0. The third kappa shape index (κ3) is 10.0. The van der Waals surface area contributed by atoms with Gasteiger partial charge in [-0.25, -0.2) is 9.59 Å².